The lowest BCUT2D eigenvalue weighted by molar-refractivity contribution is -0.141. The van der Waals surface area contributed by atoms with Crippen molar-refractivity contribution in [2.24, 2.45) is 7.05 Å². The Morgan fingerprint density at radius 3 is 2.54 bits per heavy atom. The van der Waals surface area contributed by atoms with E-state index >= 15 is 0 Å². The third-order valence-electron chi connectivity index (χ3n) is 4.62. The van der Waals surface area contributed by atoms with E-state index in [-0.39, 0.29) is 0 Å². The van der Waals surface area contributed by atoms with Crippen molar-refractivity contribution in [2.45, 2.75) is 12.7 Å². The molecule has 1 aliphatic rings. The van der Waals surface area contributed by atoms with Crippen LogP contribution in [0.3, 0.4) is 0 Å². The zero-order valence-corrected chi connectivity index (χ0v) is 16.2. The summed E-state index contributed by atoms with van der Waals surface area (Å²) in [4.78, 5) is 16.1. The minimum Gasteiger partial charge on any atom is -0.496 e. The van der Waals surface area contributed by atoms with Gasteiger partial charge >= 0.3 is 6.18 Å². The molecule has 0 unspecified atom stereocenters. The molecule has 0 N–H and O–H groups in total. The second kappa shape index (κ2) is 8.00. The molecule has 152 valence electrons. The molecule has 0 saturated carbocycles. The van der Waals surface area contributed by atoms with Gasteiger partial charge in [-0.2, -0.15) is 18.3 Å². The molecular formula is C18H20ClF3N4O2. The Kier molecular flexibility index (Phi) is 5.85. The van der Waals surface area contributed by atoms with Crippen LogP contribution in [0, 0.1) is 0 Å². The van der Waals surface area contributed by atoms with E-state index in [2.05, 4.69) is 10.00 Å². The number of rotatable bonds is 4. The SMILES string of the molecule is COc1ccc(Cl)cc1CN1CCN(C(=O)c2cn(C)nc2C(F)(F)F)CC1. The van der Waals surface area contributed by atoms with E-state index < -0.39 is 23.3 Å². The number of ether oxygens (including phenoxy) is 1. The minimum atomic E-state index is -4.67. The van der Waals surface area contributed by atoms with Crippen LogP contribution in [0.4, 0.5) is 13.2 Å². The first kappa shape index (κ1) is 20.5. The van der Waals surface area contributed by atoms with Gasteiger partial charge in [0.05, 0.1) is 12.7 Å². The molecule has 3 rings (SSSR count). The minimum absolute atomic E-state index is 0.327. The molecule has 1 aliphatic heterocycles. The molecule has 6 nitrogen and oxygen atoms in total. The van der Waals surface area contributed by atoms with Crippen molar-refractivity contribution in [2.75, 3.05) is 33.3 Å². The smallest absolute Gasteiger partial charge is 0.435 e. The van der Waals surface area contributed by atoms with Crippen LogP contribution >= 0.6 is 11.6 Å². The zero-order chi connectivity index (χ0) is 20.5. The lowest BCUT2D eigenvalue weighted by Gasteiger charge is -2.35. The lowest BCUT2D eigenvalue weighted by atomic mass is 10.1. The fourth-order valence-electron chi connectivity index (χ4n) is 3.25. The average Bonchev–Trinajstić information content (AvgIpc) is 3.04. The molecule has 2 aromatic rings. The number of piperazine rings is 1. The first-order valence-electron chi connectivity index (χ1n) is 8.64. The lowest BCUT2D eigenvalue weighted by Crippen LogP contribution is -2.48. The number of hydrogen-bond acceptors (Lipinski definition) is 4. The van der Waals surface area contributed by atoms with Gasteiger partial charge in [0, 0.05) is 56.6 Å². The number of nitrogens with zero attached hydrogens (tertiary/aromatic N) is 4. The Labute approximate surface area is 165 Å². The van der Waals surface area contributed by atoms with Crippen molar-refractivity contribution in [1.29, 1.82) is 0 Å². The van der Waals surface area contributed by atoms with E-state index in [9.17, 15) is 18.0 Å². The number of aromatic nitrogens is 2. The molecule has 0 radical (unpaired) electrons. The summed E-state index contributed by atoms with van der Waals surface area (Å²) in [6, 6.07) is 5.36. The zero-order valence-electron chi connectivity index (χ0n) is 15.5. The topological polar surface area (TPSA) is 50.6 Å². The summed E-state index contributed by atoms with van der Waals surface area (Å²) in [5.41, 5.74) is -0.646. The normalized spacial score (nSPS) is 15.7. The predicted octanol–water partition coefficient (Wildman–Crippen LogP) is 3.06. The number of carbonyl (C=O) groups is 1. The third-order valence-corrected chi connectivity index (χ3v) is 4.86. The van der Waals surface area contributed by atoms with Crippen LogP contribution < -0.4 is 4.74 Å². The maximum atomic E-state index is 13.1. The summed E-state index contributed by atoms with van der Waals surface area (Å²) in [6.07, 6.45) is -3.55. The fraction of sp³-hybridized carbons (Fsp3) is 0.444. The van der Waals surface area contributed by atoms with Crippen LogP contribution in [0.5, 0.6) is 5.75 Å². The number of halogens is 4. The highest BCUT2D eigenvalue weighted by Crippen LogP contribution is 2.31. The third kappa shape index (κ3) is 4.41. The van der Waals surface area contributed by atoms with Crippen LogP contribution in [0.15, 0.2) is 24.4 Å². The van der Waals surface area contributed by atoms with E-state index in [0.29, 0.717) is 43.5 Å². The molecule has 1 amide bonds. The van der Waals surface area contributed by atoms with E-state index in [4.69, 9.17) is 16.3 Å². The van der Waals surface area contributed by atoms with E-state index in [0.717, 1.165) is 16.4 Å². The largest absolute Gasteiger partial charge is 0.496 e. The maximum Gasteiger partial charge on any atom is 0.435 e. The highest BCUT2D eigenvalue weighted by atomic mass is 35.5. The quantitative estimate of drug-likeness (QED) is 0.768. The van der Waals surface area contributed by atoms with Gasteiger partial charge in [0.1, 0.15) is 5.75 Å². The van der Waals surface area contributed by atoms with Crippen LogP contribution in [0.2, 0.25) is 5.02 Å². The molecule has 0 aliphatic carbocycles. The van der Waals surface area contributed by atoms with Crippen molar-refractivity contribution in [1.82, 2.24) is 19.6 Å². The van der Waals surface area contributed by atoms with Crippen molar-refractivity contribution in [3.63, 3.8) is 0 Å². The Hall–Kier alpha value is -2.26. The summed E-state index contributed by atoms with van der Waals surface area (Å²) in [6.45, 7) is 2.29. The van der Waals surface area contributed by atoms with E-state index in [1.54, 1.807) is 19.2 Å². The second-order valence-electron chi connectivity index (χ2n) is 6.59. The molecule has 10 heteroatoms. The number of alkyl halides is 3. The molecule has 0 spiro atoms. The molecule has 2 heterocycles. The summed E-state index contributed by atoms with van der Waals surface area (Å²) in [5.74, 6) is 0.0634. The molecule has 0 atom stereocenters. The highest BCUT2D eigenvalue weighted by molar-refractivity contribution is 6.30. The molecule has 28 heavy (non-hydrogen) atoms. The Morgan fingerprint density at radius 2 is 1.93 bits per heavy atom. The van der Waals surface area contributed by atoms with Gasteiger partial charge in [-0.1, -0.05) is 11.6 Å². The van der Waals surface area contributed by atoms with Gasteiger partial charge in [0.15, 0.2) is 5.69 Å². The van der Waals surface area contributed by atoms with Crippen LogP contribution in [0.1, 0.15) is 21.6 Å². The van der Waals surface area contributed by atoms with Gasteiger partial charge in [-0.05, 0) is 18.2 Å². The molecule has 1 aromatic heterocycles. The number of hydrogen-bond donors (Lipinski definition) is 0. The predicted molar refractivity (Wildman–Crippen MR) is 97.4 cm³/mol. The van der Waals surface area contributed by atoms with Gasteiger partial charge in [0.2, 0.25) is 0 Å². The Bertz CT molecular complexity index is 861. The number of benzene rings is 1. The van der Waals surface area contributed by atoms with Crippen molar-refractivity contribution in [3.8, 4) is 5.75 Å². The van der Waals surface area contributed by atoms with E-state index in [1.165, 1.54) is 11.9 Å². The summed E-state index contributed by atoms with van der Waals surface area (Å²) in [7, 11) is 2.94. The van der Waals surface area contributed by atoms with Gasteiger partial charge in [-0.25, -0.2) is 0 Å². The molecular weight excluding hydrogens is 397 g/mol. The van der Waals surface area contributed by atoms with Gasteiger partial charge in [-0.3, -0.25) is 14.4 Å². The first-order chi connectivity index (χ1) is 13.2. The number of aryl methyl sites for hydroxylation is 1. The Balaban J connectivity index is 1.66. The van der Waals surface area contributed by atoms with Gasteiger partial charge in [-0.15, -0.1) is 0 Å². The summed E-state index contributed by atoms with van der Waals surface area (Å²) >= 11 is 6.05. The molecule has 1 fully saturated rings. The standard InChI is InChI=1S/C18H20ClF3N4O2/c1-24-11-14(16(23-24)18(20,21)22)17(27)26-7-5-25(6-8-26)10-12-9-13(19)3-4-15(12)28-2/h3-4,9,11H,5-8,10H2,1-2H3. The second-order valence-corrected chi connectivity index (χ2v) is 7.02. The van der Waals surface area contributed by atoms with Crippen LogP contribution in [-0.2, 0) is 19.8 Å². The summed E-state index contributed by atoms with van der Waals surface area (Å²) < 4.78 is 45.7. The van der Waals surface area contributed by atoms with Crippen molar-refractivity contribution in [3.05, 3.63) is 46.2 Å². The van der Waals surface area contributed by atoms with Gasteiger partial charge < -0.3 is 9.64 Å². The molecule has 1 aromatic carbocycles. The fourth-order valence-corrected chi connectivity index (χ4v) is 3.44. The molecule has 0 bridgehead atoms. The monoisotopic (exact) mass is 416 g/mol. The van der Waals surface area contributed by atoms with E-state index in [1.807, 2.05) is 6.07 Å². The maximum absolute atomic E-state index is 13.1. The Morgan fingerprint density at radius 1 is 1.25 bits per heavy atom. The van der Waals surface area contributed by atoms with Crippen molar-refractivity contribution >= 4 is 17.5 Å². The summed E-state index contributed by atoms with van der Waals surface area (Å²) in [5, 5.41) is 4.00. The molecule has 1 saturated heterocycles. The number of carbonyl (C=O) groups excluding carboxylic acids is 1. The number of amides is 1. The highest BCUT2D eigenvalue weighted by Gasteiger charge is 2.40. The van der Waals surface area contributed by atoms with Crippen molar-refractivity contribution < 1.29 is 22.7 Å². The first-order valence-corrected chi connectivity index (χ1v) is 9.01. The average molecular weight is 417 g/mol. The van der Waals surface area contributed by atoms with Crippen LogP contribution in [-0.4, -0.2) is 58.8 Å². The van der Waals surface area contributed by atoms with Crippen LogP contribution in [0.25, 0.3) is 0 Å². The number of methoxy groups -OCH3 is 1. The van der Waals surface area contributed by atoms with Gasteiger partial charge in [0.25, 0.3) is 5.91 Å².